The molecule has 4 nitrogen and oxygen atoms in total. The smallest absolute Gasteiger partial charge is 0.245 e. The Morgan fingerprint density at radius 1 is 1.42 bits per heavy atom. The average Bonchev–Trinajstić information content (AvgIpc) is 2.39. The minimum absolute atomic E-state index is 0.169. The first-order valence-electron chi connectivity index (χ1n) is 6.25. The lowest BCUT2D eigenvalue weighted by molar-refractivity contribution is 0.378. The summed E-state index contributed by atoms with van der Waals surface area (Å²) >= 11 is 0. The molecule has 0 aliphatic carbocycles. The highest BCUT2D eigenvalue weighted by molar-refractivity contribution is 7.89. The van der Waals surface area contributed by atoms with Crippen molar-refractivity contribution in [1.29, 1.82) is 0 Å². The van der Waals surface area contributed by atoms with E-state index in [-0.39, 0.29) is 10.9 Å². The minimum Gasteiger partial charge on any atom is -0.316 e. The monoisotopic (exact) mass is 288 g/mol. The number of nitrogens with zero attached hydrogens (tertiary/aromatic N) is 1. The third kappa shape index (κ3) is 3.52. The molecule has 6 heteroatoms. The van der Waals surface area contributed by atoms with Crippen LogP contribution in [0, 0.1) is 5.82 Å². The van der Waals surface area contributed by atoms with Crippen molar-refractivity contribution in [2.75, 3.05) is 14.1 Å². The average molecular weight is 288 g/mol. The quantitative estimate of drug-likeness (QED) is 0.870. The van der Waals surface area contributed by atoms with Crippen molar-refractivity contribution in [2.45, 2.75) is 37.8 Å². The fourth-order valence-corrected chi connectivity index (χ4v) is 3.26. The Kier molecular flexibility index (Phi) is 5.46. The Balaban J connectivity index is 3.23. The van der Waals surface area contributed by atoms with Gasteiger partial charge in [-0.25, -0.2) is 12.8 Å². The van der Waals surface area contributed by atoms with Gasteiger partial charge in [0.2, 0.25) is 10.0 Å². The molecular formula is C13H21FN2O2S. The zero-order valence-electron chi connectivity index (χ0n) is 11.8. The van der Waals surface area contributed by atoms with Gasteiger partial charge >= 0.3 is 0 Å². The van der Waals surface area contributed by atoms with Crippen LogP contribution < -0.4 is 5.32 Å². The molecule has 0 fully saturated rings. The lowest BCUT2D eigenvalue weighted by Gasteiger charge is -2.23. The Labute approximate surface area is 114 Å². The molecule has 1 atom stereocenters. The van der Waals surface area contributed by atoms with Gasteiger partial charge in [-0.2, -0.15) is 4.31 Å². The van der Waals surface area contributed by atoms with E-state index in [0.717, 1.165) is 5.56 Å². The van der Waals surface area contributed by atoms with E-state index >= 15 is 0 Å². The molecule has 0 aliphatic rings. The Morgan fingerprint density at radius 2 is 2.05 bits per heavy atom. The normalized spacial score (nSPS) is 13.8. The van der Waals surface area contributed by atoms with Crippen LogP contribution in [0.5, 0.6) is 0 Å². The van der Waals surface area contributed by atoms with Crippen LogP contribution in [0.2, 0.25) is 0 Å². The third-order valence-electron chi connectivity index (χ3n) is 3.25. The van der Waals surface area contributed by atoms with Gasteiger partial charge in [-0.15, -0.1) is 0 Å². The van der Waals surface area contributed by atoms with Gasteiger partial charge in [-0.3, -0.25) is 0 Å². The van der Waals surface area contributed by atoms with Gasteiger partial charge < -0.3 is 5.32 Å². The number of nitrogens with one attached hydrogen (secondary N) is 1. The van der Waals surface area contributed by atoms with Crippen LogP contribution in [0.15, 0.2) is 23.1 Å². The third-order valence-corrected chi connectivity index (χ3v) is 5.23. The van der Waals surface area contributed by atoms with Crippen LogP contribution in [0.1, 0.15) is 25.8 Å². The number of sulfonamides is 1. The van der Waals surface area contributed by atoms with Gasteiger partial charge in [0.1, 0.15) is 10.7 Å². The van der Waals surface area contributed by atoms with Crippen LogP contribution >= 0.6 is 0 Å². The number of hydrogen-bond donors (Lipinski definition) is 1. The second-order valence-electron chi connectivity index (χ2n) is 4.57. The van der Waals surface area contributed by atoms with Crippen LogP contribution in [0.4, 0.5) is 4.39 Å². The molecule has 1 aromatic rings. The summed E-state index contributed by atoms with van der Waals surface area (Å²) in [7, 11) is -0.559. The van der Waals surface area contributed by atoms with E-state index in [1.807, 2.05) is 6.92 Å². The maximum absolute atomic E-state index is 13.8. The van der Waals surface area contributed by atoms with Gasteiger partial charge in [0.05, 0.1) is 0 Å². The molecule has 1 rings (SSSR count). The number of benzene rings is 1. The molecule has 108 valence electrons. The Morgan fingerprint density at radius 3 is 2.58 bits per heavy atom. The second-order valence-corrected chi connectivity index (χ2v) is 6.54. The van der Waals surface area contributed by atoms with Gasteiger partial charge in [-0.1, -0.05) is 13.0 Å². The van der Waals surface area contributed by atoms with Crippen molar-refractivity contribution in [3.05, 3.63) is 29.6 Å². The van der Waals surface area contributed by atoms with E-state index in [1.165, 1.54) is 23.5 Å². The first kappa shape index (κ1) is 16.1. The second kappa shape index (κ2) is 6.45. The SMILES string of the molecule is CCC(C)N(C)S(=O)(=O)c1cc(CNC)ccc1F. The summed E-state index contributed by atoms with van der Waals surface area (Å²) in [6.45, 7) is 4.19. The zero-order chi connectivity index (χ0) is 14.6. The summed E-state index contributed by atoms with van der Waals surface area (Å²) in [5.41, 5.74) is 0.736. The van der Waals surface area contributed by atoms with Crippen molar-refractivity contribution in [3.63, 3.8) is 0 Å². The van der Waals surface area contributed by atoms with Gasteiger partial charge in [0, 0.05) is 19.6 Å². The summed E-state index contributed by atoms with van der Waals surface area (Å²) in [5, 5.41) is 2.91. The molecule has 0 radical (unpaired) electrons. The lowest BCUT2D eigenvalue weighted by atomic mass is 10.2. The zero-order valence-corrected chi connectivity index (χ0v) is 12.6. The molecule has 0 saturated carbocycles. The molecule has 0 aliphatic heterocycles. The van der Waals surface area contributed by atoms with Crippen molar-refractivity contribution in [2.24, 2.45) is 0 Å². The Hall–Kier alpha value is -0.980. The summed E-state index contributed by atoms with van der Waals surface area (Å²) in [5.74, 6) is -0.713. The summed E-state index contributed by atoms with van der Waals surface area (Å²) < 4.78 is 39.8. The van der Waals surface area contributed by atoms with Gasteiger partial charge in [0.15, 0.2) is 0 Å². The first-order chi connectivity index (χ1) is 8.84. The summed E-state index contributed by atoms with van der Waals surface area (Å²) in [6.07, 6.45) is 0.674. The lowest BCUT2D eigenvalue weighted by Crippen LogP contribution is -2.35. The molecule has 19 heavy (non-hydrogen) atoms. The molecule has 1 N–H and O–H groups in total. The van der Waals surface area contributed by atoms with E-state index in [1.54, 1.807) is 20.0 Å². The summed E-state index contributed by atoms with van der Waals surface area (Å²) in [6, 6.07) is 4.00. The number of hydrogen-bond acceptors (Lipinski definition) is 3. The minimum atomic E-state index is -3.79. The molecule has 0 amide bonds. The maximum Gasteiger partial charge on any atom is 0.245 e. The van der Waals surface area contributed by atoms with Crippen LogP contribution in [-0.2, 0) is 16.6 Å². The van der Waals surface area contributed by atoms with E-state index in [9.17, 15) is 12.8 Å². The van der Waals surface area contributed by atoms with Crippen LogP contribution in [0.25, 0.3) is 0 Å². The molecule has 0 aromatic heterocycles. The van der Waals surface area contributed by atoms with Gasteiger partial charge in [0.25, 0.3) is 0 Å². The largest absolute Gasteiger partial charge is 0.316 e. The Bertz CT molecular complexity index is 531. The molecular weight excluding hydrogens is 267 g/mol. The van der Waals surface area contributed by atoms with Crippen molar-refractivity contribution in [3.8, 4) is 0 Å². The fraction of sp³-hybridized carbons (Fsp3) is 0.538. The number of rotatable bonds is 6. The molecule has 1 unspecified atom stereocenters. The van der Waals surface area contributed by atoms with E-state index < -0.39 is 15.8 Å². The van der Waals surface area contributed by atoms with Crippen LogP contribution in [-0.4, -0.2) is 32.9 Å². The molecule has 0 saturated heterocycles. The molecule has 0 spiro atoms. The van der Waals surface area contributed by atoms with Crippen LogP contribution in [0.3, 0.4) is 0 Å². The standard InChI is InChI=1S/C13H21FN2O2S/c1-5-10(2)16(4)19(17,18)13-8-11(9-15-3)6-7-12(13)14/h6-8,10,15H,5,9H2,1-4H3. The highest BCUT2D eigenvalue weighted by Gasteiger charge is 2.27. The predicted octanol–water partition coefficient (Wildman–Crippen LogP) is 1.96. The van der Waals surface area contributed by atoms with E-state index in [0.29, 0.717) is 13.0 Å². The van der Waals surface area contributed by atoms with Crippen molar-refractivity contribution in [1.82, 2.24) is 9.62 Å². The highest BCUT2D eigenvalue weighted by atomic mass is 32.2. The predicted molar refractivity (Wildman–Crippen MR) is 73.9 cm³/mol. The van der Waals surface area contributed by atoms with E-state index in [2.05, 4.69) is 5.32 Å². The topological polar surface area (TPSA) is 49.4 Å². The van der Waals surface area contributed by atoms with Crippen molar-refractivity contribution < 1.29 is 12.8 Å². The summed E-state index contributed by atoms with van der Waals surface area (Å²) in [4.78, 5) is -0.261. The molecule has 0 bridgehead atoms. The molecule has 1 aromatic carbocycles. The first-order valence-corrected chi connectivity index (χ1v) is 7.69. The van der Waals surface area contributed by atoms with E-state index in [4.69, 9.17) is 0 Å². The van der Waals surface area contributed by atoms with Gasteiger partial charge in [-0.05, 0) is 38.1 Å². The number of halogens is 1. The highest BCUT2D eigenvalue weighted by Crippen LogP contribution is 2.22. The fourth-order valence-electron chi connectivity index (χ4n) is 1.71. The van der Waals surface area contributed by atoms with Crippen molar-refractivity contribution >= 4 is 10.0 Å². The maximum atomic E-state index is 13.8. The molecule has 0 heterocycles.